The minimum atomic E-state index is 0.577. The summed E-state index contributed by atoms with van der Waals surface area (Å²) in [5, 5.41) is 3.68. The first-order valence-electron chi connectivity index (χ1n) is 7.70. The molecule has 0 saturated carbocycles. The van der Waals surface area contributed by atoms with E-state index in [4.69, 9.17) is 0 Å². The number of nitrogens with one attached hydrogen (secondary N) is 1. The first kappa shape index (κ1) is 14.5. The number of likely N-dealkylation sites (tertiary alicyclic amines) is 1. The van der Waals surface area contributed by atoms with Gasteiger partial charge in [-0.25, -0.2) is 0 Å². The molecule has 1 unspecified atom stereocenters. The number of rotatable bonds is 6. The van der Waals surface area contributed by atoms with Crippen LogP contribution in [0.4, 0.5) is 0 Å². The van der Waals surface area contributed by atoms with E-state index in [1.807, 2.05) is 0 Å². The smallest absolute Gasteiger partial charge is 0.00791 e. The zero-order chi connectivity index (χ0) is 13.5. The second kappa shape index (κ2) is 7.66. The zero-order valence-corrected chi connectivity index (χ0v) is 12.4. The molecule has 0 spiro atoms. The normalized spacial score (nSPS) is 19.5. The van der Waals surface area contributed by atoms with E-state index in [1.165, 1.54) is 44.5 Å². The average Bonchev–Trinajstić information content (AvgIpc) is 2.42. The molecule has 1 fully saturated rings. The molecule has 1 aromatic carbocycles. The fraction of sp³-hybridized carbons (Fsp3) is 0.647. The van der Waals surface area contributed by atoms with Gasteiger partial charge < -0.3 is 10.2 Å². The second-order valence-corrected chi connectivity index (χ2v) is 6.08. The van der Waals surface area contributed by atoms with Crippen molar-refractivity contribution in [1.82, 2.24) is 10.2 Å². The van der Waals surface area contributed by atoms with Gasteiger partial charge in [0.25, 0.3) is 0 Å². The molecule has 0 aromatic heterocycles. The Labute approximate surface area is 118 Å². The van der Waals surface area contributed by atoms with E-state index in [2.05, 4.69) is 54.5 Å². The van der Waals surface area contributed by atoms with Crippen LogP contribution in [-0.2, 0) is 6.42 Å². The molecule has 1 aliphatic rings. The Morgan fingerprint density at radius 2 is 1.89 bits per heavy atom. The Morgan fingerprint density at radius 1 is 1.21 bits per heavy atom. The van der Waals surface area contributed by atoms with E-state index in [-0.39, 0.29) is 0 Å². The molecule has 0 aliphatic carbocycles. The van der Waals surface area contributed by atoms with E-state index in [9.17, 15) is 0 Å². The predicted molar refractivity (Wildman–Crippen MR) is 82.4 cm³/mol. The third-order valence-electron chi connectivity index (χ3n) is 4.27. The van der Waals surface area contributed by atoms with Crippen LogP contribution in [0.5, 0.6) is 0 Å². The van der Waals surface area contributed by atoms with E-state index in [0.717, 1.165) is 12.3 Å². The monoisotopic (exact) mass is 260 g/mol. The molecule has 1 atom stereocenters. The summed E-state index contributed by atoms with van der Waals surface area (Å²) in [5.74, 6) is 0.938. The molecule has 0 bridgehead atoms. The van der Waals surface area contributed by atoms with Crippen LogP contribution in [0.25, 0.3) is 0 Å². The molecule has 2 heteroatoms. The highest BCUT2D eigenvalue weighted by molar-refractivity contribution is 5.15. The van der Waals surface area contributed by atoms with Crippen molar-refractivity contribution in [2.24, 2.45) is 5.92 Å². The van der Waals surface area contributed by atoms with E-state index < -0.39 is 0 Å². The van der Waals surface area contributed by atoms with Gasteiger partial charge in [-0.2, -0.15) is 0 Å². The summed E-state index contributed by atoms with van der Waals surface area (Å²) in [6.07, 6.45) is 5.23. The Hall–Kier alpha value is -0.860. The summed E-state index contributed by atoms with van der Waals surface area (Å²) < 4.78 is 0. The number of benzene rings is 1. The lowest BCUT2D eigenvalue weighted by molar-refractivity contribution is 0.210. The van der Waals surface area contributed by atoms with Gasteiger partial charge in [0, 0.05) is 6.04 Å². The Kier molecular flexibility index (Phi) is 5.87. The van der Waals surface area contributed by atoms with Crippen molar-refractivity contribution in [1.29, 1.82) is 0 Å². The fourth-order valence-electron chi connectivity index (χ4n) is 2.92. The maximum atomic E-state index is 3.68. The number of hydrogen-bond donors (Lipinski definition) is 1. The van der Waals surface area contributed by atoms with Gasteiger partial charge in [-0.15, -0.1) is 0 Å². The molecule has 106 valence electrons. The van der Waals surface area contributed by atoms with Gasteiger partial charge in [-0.1, -0.05) is 30.3 Å². The van der Waals surface area contributed by atoms with Crippen LogP contribution in [0.3, 0.4) is 0 Å². The van der Waals surface area contributed by atoms with Crippen LogP contribution >= 0.6 is 0 Å². The first-order chi connectivity index (χ1) is 9.24. The molecule has 1 aromatic rings. The lowest BCUT2D eigenvalue weighted by Gasteiger charge is -2.29. The molecule has 1 N–H and O–H groups in total. The van der Waals surface area contributed by atoms with Gasteiger partial charge in [0.1, 0.15) is 0 Å². The lowest BCUT2D eigenvalue weighted by Crippen LogP contribution is -2.34. The SMILES string of the molecule is CC(Cc1ccccc1)NCCC1CCN(C)CC1. The fourth-order valence-corrected chi connectivity index (χ4v) is 2.92. The molecule has 1 heterocycles. The van der Waals surface area contributed by atoms with Crippen LogP contribution < -0.4 is 5.32 Å². The maximum Gasteiger partial charge on any atom is 0.00791 e. The van der Waals surface area contributed by atoms with Crippen molar-refractivity contribution < 1.29 is 0 Å². The predicted octanol–water partition coefficient (Wildman–Crippen LogP) is 2.94. The molecule has 0 amide bonds. The van der Waals surface area contributed by atoms with Gasteiger partial charge in [0.15, 0.2) is 0 Å². The molecule has 1 aliphatic heterocycles. The second-order valence-electron chi connectivity index (χ2n) is 6.08. The molecular weight excluding hydrogens is 232 g/mol. The summed E-state index contributed by atoms with van der Waals surface area (Å²) in [5.41, 5.74) is 1.43. The van der Waals surface area contributed by atoms with Crippen molar-refractivity contribution in [3.05, 3.63) is 35.9 Å². The quantitative estimate of drug-likeness (QED) is 0.846. The highest BCUT2D eigenvalue weighted by Crippen LogP contribution is 2.18. The highest BCUT2D eigenvalue weighted by Gasteiger charge is 2.16. The number of piperidine rings is 1. The van der Waals surface area contributed by atoms with Crippen molar-refractivity contribution in [2.45, 2.75) is 38.6 Å². The highest BCUT2D eigenvalue weighted by atomic mass is 15.1. The van der Waals surface area contributed by atoms with Crippen molar-refractivity contribution in [3.63, 3.8) is 0 Å². The minimum absolute atomic E-state index is 0.577. The van der Waals surface area contributed by atoms with Gasteiger partial charge in [0.2, 0.25) is 0 Å². The van der Waals surface area contributed by atoms with Gasteiger partial charge in [-0.05, 0) is 70.8 Å². The Bertz CT molecular complexity index is 342. The Morgan fingerprint density at radius 3 is 2.58 bits per heavy atom. The minimum Gasteiger partial charge on any atom is -0.314 e. The van der Waals surface area contributed by atoms with Crippen LogP contribution in [-0.4, -0.2) is 37.6 Å². The molecule has 2 nitrogen and oxygen atoms in total. The summed E-state index contributed by atoms with van der Waals surface area (Å²) in [4.78, 5) is 2.45. The summed E-state index contributed by atoms with van der Waals surface area (Å²) in [6, 6.07) is 11.3. The number of nitrogens with zero attached hydrogens (tertiary/aromatic N) is 1. The van der Waals surface area contributed by atoms with Crippen molar-refractivity contribution >= 4 is 0 Å². The molecule has 2 rings (SSSR count). The third kappa shape index (κ3) is 5.33. The largest absolute Gasteiger partial charge is 0.314 e. The topological polar surface area (TPSA) is 15.3 Å². The van der Waals surface area contributed by atoms with E-state index >= 15 is 0 Å². The van der Waals surface area contributed by atoms with Crippen molar-refractivity contribution in [3.8, 4) is 0 Å². The van der Waals surface area contributed by atoms with E-state index in [0.29, 0.717) is 6.04 Å². The van der Waals surface area contributed by atoms with Crippen LogP contribution in [0.15, 0.2) is 30.3 Å². The van der Waals surface area contributed by atoms with Crippen molar-refractivity contribution in [2.75, 3.05) is 26.7 Å². The van der Waals surface area contributed by atoms with E-state index in [1.54, 1.807) is 0 Å². The summed E-state index contributed by atoms with van der Waals surface area (Å²) in [7, 11) is 2.23. The summed E-state index contributed by atoms with van der Waals surface area (Å²) in [6.45, 7) is 6.03. The molecule has 0 radical (unpaired) electrons. The van der Waals surface area contributed by atoms with Crippen LogP contribution in [0.1, 0.15) is 31.7 Å². The first-order valence-corrected chi connectivity index (χ1v) is 7.70. The average molecular weight is 260 g/mol. The number of hydrogen-bond acceptors (Lipinski definition) is 2. The lowest BCUT2D eigenvalue weighted by atomic mass is 9.94. The van der Waals surface area contributed by atoms with Gasteiger partial charge in [-0.3, -0.25) is 0 Å². The van der Waals surface area contributed by atoms with Gasteiger partial charge in [0.05, 0.1) is 0 Å². The molecular formula is C17H28N2. The van der Waals surface area contributed by atoms with Crippen LogP contribution in [0, 0.1) is 5.92 Å². The Balaban J connectivity index is 1.60. The third-order valence-corrected chi connectivity index (χ3v) is 4.27. The maximum absolute atomic E-state index is 3.68. The summed E-state index contributed by atoms with van der Waals surface area (Å²) >= 11 is 0. The zero-order valence-electron chi connectivity index (χ0n) is 12.4. The standard InChI is InChI=1S/C17H28N2/c1-15(14-17-6-4-3-5-7-17)18-11-8-16-9-12-19(2)13-10-16/h3-7,15-16,18H,8-14H2,1-2H3. The van der Waals surface area contributed by atoms with Crippen LogP contribution in [0.2, 0.25) is 0 Å². The molecule has 1 saturated heterocycles. The molecule has 19 heavy (non-hydrogen) atoms. The van der Waals surface area contributed by atoms with Gasteiger partial charge >= 0.3 is 0 Å².